The summed E-state index contributed by atoms with van der Waals surface area (Å²) in [7, 11) is 0. The van der Waals surface area contributed by atoms with Gasteiger partial charge in [-0.25, -0.2) is 0 Å². The number of aromatic amines is 1. The number of hydrogen-bond donors (Lipinski definition) is 3. The second-order valence-corrected chi connectivity index (χ2v) is 9.61. The number of likely N-dealkylation sites (tertiary alicyclic amines) is 1. The lowest BCUT2D eigenvalue weighted by Gasteiger charge is -2.33. The van der Waals surface area contributed by atoms with Crippen molar-refractivity contribution in [3.63, 3.8) is 0 Å². The molecule has 3 aromatic rings. The number of halogens is 2. The first-order chi connectivity index (χ1) is 15.4. The molecule has 2 aromatic carbocycles. The van der Waals surface area contributed by atoms with Gasteiger partial charge in [0.1, 0.15) is 11.9 Å². The van der Waals surface area contributed by atoms with Crippen LogP contribution in [0.4, 0.5) is 0 Å². The Morgan fingerprint density at radius 2 is 2.00 bits per heavy atom. The van der Waals surface area contributed by atoms with Crippen LogP contribution in [0.15, 0.2) is 41.2 Å². The average Bonchev–Trinajstić information content (AvgIpc) is 3.15. The van der Waals surface area contributed by atoms with Crippen molar-refractivity contribution in [2.24, 2.45) is 0 Å². The molecule has 2 heterocycles. The summed E-state index contributed by atoms with van der Waals surface area (Å²) in [6.07, 6.45) is 1.07. The number of benzene rings is 2. The number of rotatable bonds is 7. The fourth-order valence-electron chi connectivity index (χ4n) is 3.71. The predicted molar refractivity (Wildman–Crippen MR) is 127 cm³/mol. The molecule has 3 N–H and O–H groups in total. The molecular formula is C22H23Cl2N3O4S. The standard InChI is InChI=1S/C22H23Cl2N3O4S/c23-17-3-2-16(10-18(17)24)31-15-5-7-27(8-6-15)12-14(28)11-25-21(29)13-1-4-19-20(9-13)32-22(30)26-19/h1-4,9-10,14-15,28H,5-8,11-12H2,(H,25,29)(H,26,30). The average molecular weight is 496 g/mol. The van der Waals surface area contributed by atoms with Gasteiger partial charge in [0.15, 0.2) is 0 Å². The zero-order valence-corrected chi connectivity index (χ0v) is 19.5. The lowest BCUT2D eigenvalue weighted by molar-refractivity contribution is 0.0594. The van der Waals surface area contributed by atoms with Crippen LogP contribution in [0.3, 0.4) is 0 Å². The number of thiazole rings is 1. The third-order valence-electron chi connectivity index (χ3n) is 5.38. The topological polar surface area (TPSA) is 94.7 Å². The normalized spacial score (nSPS) is 16.2. The summed E-state index contributed by atoms with van der Waals surface area (Å²) < 4.78 is 6.72. The van der Waals surface area contributed by atoms with Crippen molar-refractivity contribution >= 4 is 50.7 Å². The number of aliphatic hydroxyl groups is 1. The first-order valence-electron chi connectivity index (χ1n) is 10.3. The number of nitrogens with zero attached hydrogens (tertiary/aromatic N) is 1. The molecule has 4 rings (SSSR count). The van der Waals surface area contributed by atoms with E-state index in [4.69, 9.17) is 27.9 Å². The molecular weight excluding hydrogens is 473 g/mol. The molecule has 170 valence electrons. The van der Waals surface area contributed by atoms with Gasteiger partial charge in [0.2, 0.25) is 0 Å². The molecule has 0 spiro atoms. The summed E-state index contributed by atoms with van der Waals surface area (Å²) >= 11 is 13.0. The number of fused-ring (bicyclic) bond motifs is 1. The molecule has 0 bridgehead atoms. The highest BCUT2D eigenvalue weighted by atomic mass is 35.5. The van der Waals surface area contributed by atoms with Crippen molar-refractivity contribution in [3.05, 3.63) is 61.7 Å². The molecule has 32 heavy (non-hydrogen) atoms. The maximum absolute atomic E-state index is 12.4. The van der Waals surface area contributed by atoms with Crippen LogP contribution < -0.4 is 14.9 Å². The van der Waals surface area contributed by atoms with Crippen molar-refractivity contribution < 1.29 is 14.6 Å². The molecule has 1 fully saturated rings. The number of amides is 1. The fraction of sp³-hybridized carbons (Fsp3) is 0.364. The number of H-pyrrole nitrogens is 1. The van der Waals surface area contributed by atoms with Gasteiger partial charge in [-0.05, 0) is 43.2 Å². The first-order valence-corrected chi connectivity index (χ1v) is 11.9. The molecule has 0 radical (unpaired) electrons. The largest absolute Gasteiger partial charge is 0.490 e. The maximum Gasteiger partial charge on any atom is 0.305 e. The highest BCUT2D eigenvalue weighted by Crippen LogP contribution is 2.28. The van der Waals surface area contributed by atoms with Gasteiger partial charge in [-0.3, -0.25) is 9.59 Å². The van der Waals surface area contributed by atoms with Crippen LogP contribution in [-0.2, 0) is 0 Å². The first kappa shape index (κ1) is 23.1. The second-order valence-electron chi connectivity index (χ2n) is 7.78. The van der Waals surface area contributed by atoms with Gasteiger partial charge in [-0.15, -0.1) is 0 Å². The highest BCUT2D eigenvalue weighted by molar-refractivity contribution is 7.16. The number of aromatic nitrogens is 1. The van der Waals surface area contributed by atoms with Crippen molar-refractivity contribution in [2.75, 3.05) is 26.2 Å². The van der Waals surface area contributed by atoms with Gasteiger partial charge < -0.3 is 25.0 Å². The van der Waals surface area contributed by atoms with E-state index in [0.717, 1.165) is 42.0 Å². The Kier molecular flexibility index (Phi) is 7.37. The number of β-amino-alcohol motifs (C(OH)–C–C–N with tert-alkyl or cyclic N) is 1. The second kappa shape index (κ2) is 10.2. The summed E-state index contributed by atoms with van der Waals surface area (Å²) in [5, 5.41) is 14.1. The van der Waals surface area contributed by atoms with Gasteiger partial charge in [0, 0.05) is 37.8 Å². The van der Waals surface area contributed by atoms with Crippen molar-refractivity contribution in [3.8, 4) is 5.75 Å². The minimum atomic E-state index is -0.682. The molecule has 7 nitrogen and oxygen atoms in total. The summed E-state index contributed by atoms with van der Waals surface area (Å²) in [5.41, 5.74) is 1.17. The monoisotopic (exact) mass is 495 g/mol. The summed E-state index contributed by atoms with van der Waals surface area (Å²) in [6, 6.07) is 10.3. The molecule has 0 saturated carbocycles. The van der Waals surface area contributed by atoms with Crippen LogP contribution in [0.25, 0.3) is 10.2 Å². The molecule has 0 aliphatic carbocycles. The van der Waals surface area contributed by atoms with E-state index in [1.54, 1.807) is 36.4 Å². The van der Waals surface area contributed by atoms with Crippen LogP contribution in [0.2, 0.25) is 10.0 Å². The highest BCUT2D eigenvalue weighted by Gasteiger charge is 2.23. The molecule has 1 amide bonds. The van der Waals surface area contributed by atoms with Crippen LogP contribution in [0.1, 0.15) is 23.2 Å². The van der Waals surface area contributed by atoms with Crippen LogP contribution >= 0.6 is 34.5 Å². The van der Waals surface area contributed by atoms with Crippen molar-refractivity contribution in [2.45, 2.75) is 25.0 Å². The van der Waals surface area contributed by atoms with E-state index in [9.17, 15) is 14.7 Å². The molecule has 1 atom stereocenters. The Morgan fingerprint density at radius 1 is 1.22 bits per heavy atom. The lowest BCUT2D eigenvalue weighted by atomic mass is 10.1. The summed E-state index contributed by atoms with van der Waals surface area (Å²) in [4.78, 5) is 28.5. The molecule has 1 unspecified atom stereocenters. The summed E-state index contributed by atoms with van der Waals surface area (Å²) in [6.45, 7) is 2.21. The Bertz CT molecular complexity index is 1160. The number of aliphatic hydroxyl groups excluding tert-OH is 1. The molecule has 1 aromatic heterocycles. The number of piperidine rings is 1. The van der Waals surface area contributed by atoms with E-state index < -0.39 is 6.10 Å². The SMILES string of the molecule is O=C(NCC(O)CN1CCC(Oc2ccc(Cl)c(Cl)c2)CC1)c1ccc2[nH]c(=O)sc2c1. The maximum atomic E-state index is 12.4. The third-order valence-corrected chi connectivity index (χ3v) is 6.96. The van der Waals surface area contributed by atoms with Gasteiger partial charge >= 0.3 is 4.87 Å². The van der Waals surface area contributed by atoms with E-state index in [0.29, 0.717) is 33.4 Å². The quantitative estimate of drug-likeness (QED) is 0.465. The fourth-order valence-corrected chi connectivity index (χ4v) is 4.78. The molecule has 1 saturated heterocycles. The Hall–Kier alpha value is -2.10. The Morgan fingerprint density at radius 3 is 2.75 bits per heavy atom. The smallest absolute Gasteiger partial charge is 0.305 e. The van der Waals surface area contributed by atoms with E-state index in [-0.39, 0.29) is 23.4 Å². The van der Waals surface area contributed by atoms with Crippen molar-refractivity contribution in [1.29, 1.82) is 0 Å². The van der Waals surface area contributed by atoms with Crippen molar-refractivity contribution in [1.82, 2.24) is 15.2 Å². The van der Waals surface area contributed by atoms with Gasteiger partial charge in [-0.1, -0.05) is 34.5 Å². The zero-order valence-electron chi connectivity index (χ0n) is 17.1. The van der Waals surface area contributed by atoms with Crippen LogP contribution in [0, 0.1) is 0 Å². The minimum Gasteiger partial charge on any atom is -0.490 e. The third kappa shape index (κ3) is 5.82. The van der Waals surface area contributed by atoms with Gasteiger partial charge in [0.25, 0.3) is 5.91 Å². The molecule has 10 heteroatoms. The van der Waals surface area contributed by atoms with E-state index in [1.165, 1.54) is 0 Å². The van der Waals surface area contributed by atoms with Crippen LogP contribution in [0.5, 0.6) is 5.75 Å². The Balaban J connectivity index is 1.20. The van der Waals surface area contributed by atoms with E-state index in [2.05, 4.69) is 15.2 Å². The number of ether oxygens (including phenoxy) is 1. The van der Waals surface area contributed by atoms with Crippen LogP contribution in [-0.4, -0.2) is 59.3 Å². The zero-order chi connectivity index (χ0) is 22.7. The summed E-state index contributed by atoms with van der Waals surface area (Å²) in [5.74, 6) is 0.422. The van der Waals surface area contributed by atoms with Gasteiger partial charge in [-0.2, -0.15) is 0 Å². The number of nitrogens with one attached hydrogen (secondary N) is 2. The molecule has 1 aliphatic heterocycles. The van der Waals surface area contributed by atoms with Gasteiger partial charge in [0.05, 0.1) is 26.4 Å². The van der Waals surface area contributed by atoms with E-state index >= 15 is 0 Å². The van der Waals surface area contributed by atoms with E-state index in [1.807, 2.05) is 0 Å². The minimum absolute atomic E-state index is 0.0828. The predicted octanol–water partition coefficient (Wildman–Crippen LogP) is 3.53. The lowest BCUT2D eigenvalue weighted by Crippen LogP contribution is -2.45. The Labute approximate surface area is 198 Å². The number of carbonyl (C=O) groups is 1. The molecule has 1 aliphatic rings. The number of hydrogen-bond acceptors (Lipinski definition) is 6. The number of carbonyl (C=O) groups excluding carboxylic acids is 1.